The van der Waals surface area contributed by atoms with Crippen molar-refractivity contribution in [2.24, 2.45) is 11.3 Å². The Hall–Kier alpha value is -0.570. The van der Waals surface area contributed by atoms with Gasteiger partial charge in [-0.05, 0) is 31.6 Å². The number of hydrogen-bond donors (Lipinski definition) is 1. The highest BCUT2D eigenvalue weighted by atomic mass is 16.4. The van der Waals surface area contributed by atoms with Crippen LogP contribution in [0.5, 0.6) is 0 Å². The van der Waals surface area contributed by atoms with Gasteiger partial charge in [-0.2, -0.15) is 0 Å². The van der Waals surface area contributed by atoms with Gasteiger partial charge in [-0.25, -0.2) is 0 Å². The van der Waals surface area contributed by atoms with Gasteiger partial charge in [0.2, 0.25) is 0 Å². The molecule has 0 aromatic carbocycles. The zero-order chi connectivity index (χ0) is 28.9. The fraction of sp³-hybridized carbons (Fsp3) is 0.973. The number of carboxylic acids is 1. The van der Waals surface area contributed by atoms with Crippen LogP contribution in [0.3, 0.4) is 0 Å². The third kappa shape index (κ3) is 22.1. The van der Waals surface area contributed by atoms with Crippen LogP contribution in [0.4, 0.5) is 0 Å². The summed E-state index contributed by atoms with van der Waals surface area (Å²) in [6.45, 7) is 8.95. The molecule has 0 amide bonds. The third-order valence-corrected chi connectivity index (χ3v) is 9.40. The molecule has 0 heterocycles. The summed E-state index contributed by atoms with van der Waals surface area (Å²) < 4.78 is 0. The molecule has 0 aromatic rings. The molecule has 0 bridgehead atoms. The van der Waals surface area contributed by atoms with Crippen molar-refractivity contribution in [1.29, 1.82) is 0 Å². The predicted molar refractivity (Wildman–Crippen MR) is 178 cm³/mol. The van der Waals surface area contributed by atoms with E-state index < -0.39 is 11.4 Å². The Bertz CT molecular complexity index is 508. The molecule has 40 heavy (non-hydrogen) atoms. The monoisotopic (exact) mass is 568 g/mol. The van der Waals surface area contributed by atoms with Gasteiger partial charge in [0, 0.05) is 11.4 Å². The first kappa shape index (κ1) is 41.6. The number of quaternary nitrogens is 1. The topological polar surface area (TPSA) is 76.6 Å². The molecule has 242 valence electrons. The molecule has 0 aliphatic rings. The van der Waals surface area contributed by atoms with Crippen molar-refractivity contribution in [3.8, 4) is 0 Å². The molecule has 0 spiro atoms. The number of carboxylic acid groups (broad SMARTS) is 1. The molecule has 3 nitrogen and oxygen atoms in total. The first-order chi connectivity index (χ1) is 19.1. The van der Waals surface area contributed by atoms with Crippen LogP contribution in [0.25, 0.3) is 0 Å². The van der Waals surface area contributed by atoms with Gasteiger partial charge in [0.1, 0.15) is 0 Å². The number of unbranched alkanes of at least 4 members (excludes halogenated alkanes) is 22. The minimum absolute atomic E-state index is 0. The van der Waals surface area contributed by atoms with Crippen molar-refractivity contribution in [3.05, 3.63) is 0 Å². The zero-order valence-electron chi connectivity index (χ0n) is 28.6. The van der Waals surface area contributed by atoms with Gasteiger partial charge in [-0.1, -0.05) is 195 Å². The Morgan fingerprint density at radius 1 is 0.450 bits per heavy atom. The molecule has 2 unspecified atom stereocenters. The fourth-order valence-corrected chi connectivity index (χ4v) is 6.91. The van der Waals surface area contributed by atoms with Gasteiger partial charge in [-0.15, -0.1) is 0 Å². The first-order valence-electron chi connectivity index (χ1n) is 18.3. The molecular weight excluding hydrogens is 490 g/mol. The fourth-order valence-electron chi connectivity index (χ4n) is 6.91. The number of aliphatic carboxylic acids is 1. The van der Waals surface area contributed by atoms with E-state index in [1.807, 2.05) is 0 Å². The lowest BCUT2D eigenvalue weighted by Gasteiger charge is -2.42. The molecule has 0 rings (SSSR count). The lowest BCUT2D eigenvalue weighted by Crippen LogP contribution is -2.47. The average Bonchev–Trinajstić information content (AvgIpc) is 2.93. The third-order valence-electron chi connectivity index (χ3n) is 9.40. The standard InChI is InChI=1S/C37H74O2.H3N/c1-5-9-11-13-15-17-19-20-21-23-25-27-29-32-35(31-7-3)37(33-8-4,36(38)39)34-30-28-26-24-22-18-16-14-12-10-6-2;/h35H,5-34H2,1-4H3,(H,38,39);1H3. The SMILES string of the molecule is CCCCCCCCCCCCCCCC(CCC)C(CCC)(CCCCCCCCCCCCC)C(=O)[O-].[NH4+]. The van der Waals surface area contributed by atoms with E-state index in [-0.39, 0.29) is 6.15 Å². The van der Waals surface area contributed by atoms with E-state index in [0.29, 0.717) is 5.92 Å². The van der Waals surface area contributed by atoms with Crippen molar-refractivity contribution >= 4 is 5.97 Å². The number of carbonyl (C=O) groups excluding carboxylic acids is 1. The molecule has 0 aliphatic heterocycles. The maximum Gasteiger partial charge on any atom is 0.0478 e. The largest absolute Gasteiger partial charge is 0.550 e. The van der Waals surface area contributed by atoms with Crippen molar-refractivity contribution in [2.45, 2.75) is 220 Å². The van der Waals surface area contributed by atoms with Crippen LogP contribution in [0.15, 0.2) is 0 Å². The molecule has 0 fully saturated rings. The maximum atomic E-state index is 12.7. The Morgan fingerprint density at radius 3 is 1.12 bits per heavy atom. The maximum absolute atomic E-state index is 12.7. The van der Waals surface area contributed by atoms with Gasteiger partial charge in [0.15, 0.2) is 0 Å². The van der Waals surface area contributed by atoms with Crippen molar-refractivity contribution in [2.75, 3.05) is 0 Å². The minimum Gasteiger partial charge on any atom is -0.550 e. The highest BCUT2D eigenvalue weighted by Gasteiger charge is 2.38. The number of hydrogen-bond acceptors (Lipinski definition) is 2. The van der Waals surface area contributed by atoms with Crippen molar-refractivity contribution < 1.29 is 9.90 Å². The molecule has 0 radical (unpaired) electrons. The lowest BCUT2D eigenvalue weighted by molar-refractivity contribution is -0.323. The van der Waals surface area contributed by atoms with E-state index in [0.717, 1.165) is 44.9 Å². The van der Waals surface area contributed by atoms with Crippen LogP contribution in [0.2, 0.25) is 0 Å². The van der Waals surface area contributed by atoms with Crippen LogP contribution in [0, 0.1) is 11.3 Å². The lowest BCUT2D eigenvalue weighted by atomic mass is 9.65. The minimum atomic E-state index is -0.746. The van der Waals surface area contributed by atoms with Gasteiger partial charge >= 0.3 is 0 Å². The zero-order valence-corrected chi connectivity index (χ0v) is 28.6. The Kier molecular flexibility index (Phi) is 32.6. The summed E-state index contributed by atoms with van der Waals surface area (Å²) >= 11 is 0. The molecule has 0 aliphatic carbocycles. The van der Waals surface area contributed by atoms with Crippen LogP contribution in [0.1, 0.15) is 220 Å². The van der Waals surface area contributed by atoms with E-state index in [9.17, 15) is 9.90 Å². The van der Waals surface area contributed by atoms with Crippen LogP contribution in [-0.2, 0) is 4.79 Å². The number of rotatable bonds is 32. The van der Waals surface area contributed by atoms with Crippen LogP contribution >= 0.6 is 0 Å². The van der Waals surface area contributed by atoms with Gasteiger partial charge < -0.3 is 16.1 Å². The van der Waals surface area contributed by atoms with Crippen LogP contribution in [-0.4, -0.2) is 5.97 Å². The summed E-state index contributed by atoms with van der Waals surface area (Å²) in [5.74, 6) is -0.451. The summed E-state index contributed by atoms with van der Waals surface area (Å²) in [4.78, 5) is 12.7. The smallest absolute Gasteiger partial charge is 0.0478 e. The van der Waals surface area contributed by atoms with Crippen LogP contribution < -0.4 is 11.3 Å². The van der Waals surface area contributed by atoms with E-state index in [4.69, 9.17) is 0 Å². The van der Waals surface area contributed by atoms with Crippen molar-refractivity contribution in [1.82, 2.24) is 6.15 Å². The quantitative estimate of drug-likeness (QED) is 0.0820. The summed E-state index contributed by atoms with van der Waals surface area (Å²) in [6.07, 6.45) is 38.0. The Labute approximate surface area is 253 Å². The van der Waals surface area contributed by atoms with Gasteiger partial charge in [-0.3, -0.25) is 0 Å². The number of carbonyl (C=O) groups is 1. The average molecular weight is 568 g/mol. The van der Waals surface area contributed by atoms with E-state index >= 15 is 0 Å². The Balaban J connectivity index is 0. The van der Waals surface area contributed by atoms with E-state index in [1.54, 1.807) is 0 Å². The second-order valence-electron chi connectivity index (χ2n) is 13.0. The summed E-state index contributed by atoms with van der Waals surface area (Å²) in [5, 5.41) is 12.7. The van der Waals surface area contributed by atoms with E-state index in [2.05, 4.69) is 27.7 Å². The van der Waals surface area contributed by atoms with Gasteiger partial charge in [0.25, 0.3) is 0 Å². The van der Waals surface area contributed by atoms with E-state index in [1.165, 1.54) is 148 Å². The molecule has 4 N–H and O–H groups in total. The van der Waals surface area contributed by atoms with Crippen molar-refractivity contribution in [3.63, 3.8) is 0 Å². The first-order valence-corrected chi connectivity index (χ1v) is 18.3. The molecule has 3 heteroatoms. The second kappa shape index (κ2) is 31.4. The highest BCUT2D eigenvalue weighted by Crippen LogP contribution is 2.43. The normalized spacial score (nSPS) is 13.6. The molecule has 2 atom stereocenters. The van der Waals surface area contributed by atoms with Gasteiger partial charge in [0.05, 0.1) is 0 Å². The molecule has 0 saturated heterocycles. The predicted octanol–water partition coefficient (Wildman–Crippen LogP) is 12.5. The second-order valence-corrected chi connectivity index (χ2v) is 13.0. The Morgan fingerprint density at radius 2 is 0.800 bits per heavy atom. The molecule has 0 saturated carbocycles. The molecule has 0 aromatic heterocycles. The molecular formula is C37H77NO2. The highest BCUT2D eigenvalue weighted by molar-refractivity contribution is 5.72. The summed E-state index contributed by atoms with van der Waals surface area (Å²) in [5.41, 5.74) is -0.596. The summed E-state index contributed by atoms with van der Waals surface area (Å²) in [7, 11) is 0. The summed E-state index contributed by atoms with van der Waals surface area (Å²) in [6, 6.07) is 0.